The number of sulfonamides is 1. The number of hydrogen-bond acceptors (Lipinski definition) is 6. The molecule has 160 valence electrons. The Morgan fingerprint density at radius 3 is 2.57 bits per heavy atom. The van der Waals surface area contributed by atoms with Crippen molar-refractivity contribution in [2.24, 2.45) is 0 Å². The van der Waals surface area contributed by atoms with Gasteiger partial charge in [-0.3, -0.25) is 14.5 Å². The van der Waals surface area contributed by atoms with Crippen LogP contribution in [0.5, 0.6) is 0 Å². The molecule has 1 atom stereocenters. The fourth-order valence-electron chi connectivity index (χ4n) is 3.90. The van der Waals surface area contributed by atoms with Gasteiger partial charge >= 0.3 is 0 Å². The lowest BCUT2D eigenvalue weighted by Crippen LogP contribution is -2.52. The number of nitrogens with zero attached hydrogens (tertiary/aromatic N) is 3. The number of rotatable bonds is 4. The van der Waals surface area contributed by atoms with Crippen LogP contribution in [0.25, 0.3) is 0 Å². The monoisotopic (exact) mass is 448 g/mol. The molecular formula is C20H24N4O4S2. The summed E-state index contributed by atoms with van der Waals surface area (Å²) in [5.74, 6) is -0.210. The van der Waals surface area contributed by atoms with Crippen LogP contribution in [0.4, 0.5) is 11.4 Å². The number of anilines is 2. The number of nitrogens with one attached hydrogen (secondary N) is 1. The average Bonchev–Trinajstić information content (AvgIpc) is 3.21. The summed E-state index contributed by atoms with van der Waals surface area (Å²) in [6.07, 6.45) is 0.229. The Hall–Kier alpha value is -2.27. The lowest BCUT2D eigenvalue weighted by atomic mass is 10.1. The van der Waals surface area contributed by atoms with Crippen LogP contribution in [0.2, 0.25) is 0 Å². The van der Waals surface area contributed by atoms with Crippen LogP contribution in [0.3, 0.4) is 0 Å². The van der Waals surface area contributed by atoms with E-state index in [2.05, 4.69) is 5.32 Å². The quantitative estimate of drug-likeness (QED) is 0.771. The molecule has 2 aliphatic rings. The van der Waals surface area contributed by atoms with Crippen LogP contribution in [0, 0.1) is 0 Å². The molecule has 4 rings (SSSR count). The maximum absolute atomic E-state index is 13.2. The molecule has 2 aliphatic heterocycles. The molecule has 1 aromatic heterocycles. The molecule has 1 N–H and O–H groups in total. The van der Waals surface area contributed by atoms with Crippen LogP contribution in [-0.4, -0.2) is 68.2 Å². The van der Waals surface area contributed by atoms with Gasteiger partial charge in [-0.25, -0.2) is 8.42 Å². The van der Waals surface area contributed by atoms with Crippen molar-refractivity contribution < 1.29 is 18.0 Å². The van der Waals surface area contributed by atoms with Gasteiger partial charge in [0.05, 0.1) is 17.9 Å². The van der Waals surface area contributed by atoms with Crippen molar-refractivity contribution in [3.05, 3.63) is 41.8 Å². The number of carbonyl (C=O) groups is 2. The second-order valence-electron chi connectivity index (χ2n) is 7.49. The van der Waals surface area contributed by atoms with Gasteiger partial charge in [-0.05, 0) is 30.5 Å². The van der Waals surface area contributed by atoms with Crippen molar-refractivity contribution in [3.8, 4) is 0 Å². The summed E-state index contributed by atoms with van der Waals surface area (Å²) in [5, 5.41) is 4.61. The standard InChI is InChI=1S/C20H24N4O4S2/c1-15-13-18(25)21-16-5-2-3-6-17(16)24(15)19(26)14-22-8-10-23(11-9-22)30(27,28)20-7-4-12-29-20/h2-7,12,15H,8-11,13-14H2,1H3,(H,21,25)/t15-/m1/s1. The summed E-state index contributed by atoms with van der Waals surface area (Å²) >= 11 is 1.21. The smallest absolute Gasteiger partial charge is 0.252 e. The molecule has 0 saturated carbocycles. The number of fused-ring (bicyclic) bond motifs is 1. The highest BCUT2D eigenvalue weighted by atomic mass is 32.2. The zero-order valence-corrected chi connectivity index (χ0v) is 18.3. The second-order valence-corrected chi connectivity index (χ2v) is 10.6. The molecule has 1 aromatic carbocycles. The maximum atomic E-state index is 13.2. The molecule has 0 bridgehead atoms. The Morgan fingerprint density at radius 1 is 1.13 bits per heavy atom. The first-order chi connectivity index (χ1) is 14.4. The molecule has 0 aliphatic carbocycles. The number of hydrogen-bond donors (Lipinski definition) is 1. The molecule has 1 fully saturated rings. The first-order valence-electron chi connectivity index (χ1n) is 9.83. The largest absolute Gasteiger partial charge is 0.324 e. The second kappa shape index (κ2) is 8.46. The lowest BCUT2D eigenvalue weighted by Gasteiger charge is -2.35. The van der Waals surface area contributed by atoms with Crippen molar-refractivity contribution in [2.75, 3.05) is 42.9 Å². The highest BCUT2D eigenvalue weighted by Gasteiger charge is 2.33. The van der Waals surface area contributed by atoms with Gasteiger partial charge in [0.15, 0.2) is 0 Å². The summed E-state index contributed by atoms with van der Waals surface area (Å²) < 4.78 is 27.2. The zero-order chi connectivity index (χ0) is 21.3. The summed E-state index contributed by atoms with van der Waals surface area (Å²) in [4.78, 5) is 29.0. The van der Waals surface area contributed by atoms with Gasteiger partial charge in [-0.2, -0.15) is 4.31 Å². The van der Waals surface area contributed by atoms with Gasteiger partial charge in [0.2, 0.25) is 11.8 Å². The third-order valence-corrected chi connectivity index (χ3v) is 8.68. The number of benzene rings is 1. The fraction of sp³-hybridized carbons (Fsp3) is 0.400. The predicted octanol–water partition coefficient (Wildman–Crippen LogP) is 1.82. The van der Waals surface area contributed by atoms with E-state index < -0.39 is 10.0 Å². The minimum absolute atomic E-state index is 0.0963. The summed E-state index contributed by atoms with van der Waals surface area (Å²) in [5.41, 5.74) is 1.33. The molecule has 0 spiro atoms. The molecule has 1 saturated heterocycles. The van der Waals surface area contributed by atoms with Crippen molar-refractivity contribution in [1.82, 2.24) is 9.21 Å². The topological polar surface area (TPSA) is 90.0 Å². The number of para-hydroxylation sites is 2. The predicted molar refractivity (Wildman–Crippen MR) is 116 cm³/mol. The molecule has 30 heavy (non-hydrogen) atoms. The van der Waals surface area contributed by atoms with Gasteiger partial charge in [-0.15, -0.1) is 11.3 Å². The first kappa shape index (κ1) is 21.0. The van der Waals surface area contributed by atoms with E-state index in [1.807, 2.05) is 30.0 Å². The van der Waals surface area contributed by atoms with E-state index in [9.17, 15) is 18.0 Å². The maximum Gasteiger partial charge on any atom is 0.252 e. The third kappa shape index (κ3) is 4.13. The average molecular weight is 449 g/mol. The Balaban J connectivity index is 1.43. The van der Waals surface area contributed by atoms with Crippen molar-refractivity contribution in [1.29, 1.82) is 0 Å². The molecule has 0 unspecified atom stereocenters. The lowest BCUT2D eigenvalue weighted by molar-refractivity contribution is -0.120. The summed E-state index contributed by atoms with van der Waals surface area (Å²) in [6, 6.07) is 10.4. The van der Waals surface area contributed by atoms with Crippen LogP contribution < -0.4 is 10.2 Å². The van der Waals surface area contributed by atoms with Crippen molar-refractivity contribution >= 4 is 44.5 Å². The molecule has 8 nitrogen and oxygen atoms in total. The van der Waals surface area contributed by atoms with E-state index >= 15 is 0 Å². The number of piperazine rings is 1. The van der Waals surface area contributed by atoms with Gasteiger partial charge in [-0.1, -0.05) is 18.2 Å². The third-order valence-electron chi connectivity index (χ3n) is 5.41. The fourth-order valence-corrected chi connectivity index (χ4v) is 6.47. The SMILES string of the molecule is C[C@@H]1CC(=O)Nc2ccccc2N1C(=O)CN1CCN(S(=O)(=O)c2cccs2)CC1. The normalized spacial score (nSPS) is 21.0. The van der Waals surface area contributed by atoms with E-state index in [-0.39, 0.29) is 30.8 Å². The highest BCUT2D eigenvalue weighted by Crippen LogP contribution is 2.31. The van der Waals surface area contributed by atoms with Gasteiger partial charge in [0, 0.05) is 38.6 Å². The van der Waals surface area contributed by atoms with E-state index in [0.29, 0.717) is 41.8 Å². The Bertz CT molecular complexity index is 1030. The number of carbonyl (C=O) groups excluding carboxylic acids is 2. The zero-order valence-electron chi connectivity index (χ0n) is 16.7. The van der Waals surface area contributed by atoms with Gasteiger partial charge in [0.25, 0.3) is 10.0 Å². The minimum Gasteiger partial charge on any atom is -0.324 e. The molecule has 10 heteroatoms. The van der Waals surface area contributed by atoms with Crippen LogP contribution >= 0.6 is 11.3 Å². The van der Waals surface area contributed by atoms with Crippen molar-refractivity contribution in [2.45, 2.75) is 23.6 Å². The van der Waals surface area contributed by atoms with Crippen LogP contribution in [-0.2, 0) is 19.6 Å². The van der Waals surface area contributed by atoms with Crippen molar-refractivity contribution in [3.63, 3.8) is 0 Å². The molecule has 0 radical (unpaired) electrons. The van der Waals surface area contributed by atoms with Gasteiger partial charge in [0.1, 0.15) is 4.21 Å². The Morgan fingerprint density at radius 2 is 1.87 bits per heavy atom. The van der Waals surface area contributed by atoms with E-state index in [4.69, 9.17) is 0 Å². The minimum atomic E-state index is -3.47. The van der Waals surface area contributed by atoms with Gasteiger partial charge < -0.3 is 10.2 Å². The number of thiophene rings is 1. The van der Waals surface area contributed by atoms with E-state index in [0.717, 1.165) is 0 Å². The van der Waals surface area contributed by atoms with Crippen LogP contribution in [0.15, 0.2) is 46.0 Å². The van der Waals surface area contributed by atoms with Crippen LogP contribution in [0.1, 0.15) is 13.3 Å². The molecular weight excluding hydrogens is 424 g/mol. The first-order valence-corrected chi connectivity index (χ1v) is 12.1. The number of amides is 2. The summed E-state index contributed by atoms with van der Waals surface area (Å²) in [7, 11) is -3.47. The molecule has 2 amide bonds. The Labute approximate surface area is 180 Å². The van der Waals surface area contributed by atoms with E-state index in [1.54, 1.807) is 28.5 Å². The Kier molecular flexibility index (Phi) is 5.92. The summed E-state index contributed by atoms with van der Waals surface area (Å²) in [6.45, 7) is 3.71. The van der Waals surface area contributed by atoms with E-state index in [1.165, 1.54) is 15.6 Å². The molecule has 3 heterocycles. The highest BCUT2D eigenvalue weighted by molar-refractivity contribution is 7.91. The molecule has 2 aromatic rings.